The minimum Gasteiger partial charge on any atom is -0.450 e. The molecule has 8 nitrogen and oxygen atoms in total. The Bertz CT molecular complexity index is 719. The van der Waals surface area contributed by atoms with Crippen LogP contribution in [0.4, 0.5) is 26.6 Å². The van der Waals surface area contributed by atoms with Gasteiger partial charge in [0.05, 0.1) is 12.8 Å². The average Bonchev–Trinajstić information content (AvgIpc) is 2.64. The standard InChI is InChI=1S/C16H19FN6O2/c1-2-25-16(24)23-9-7-22(8-10-23)14-11-18-21-15(20-14)19-13-5-3-12(17)4-6-13/h3-6,11H,2,7-10H2,1H3,(H,19,20,21). The van der Waals surface area contributed by atoms with Crippen LogP contribution < -0.4 is 10.2 Å². The van der Waals surface area contributed by atoms with Crippen LogP contribution in [0.5, 0.6) is 0 Å². The molecule has 1 saturated heterocycles. The van der Waals surface area contributed by atoms with Gasteiger partial charge in [0.1, 0.15) is 5.82 Å². The summed E-state index contributed by atoms with van der Waals surface area (Å²) in [5.41, 5.74) is 0.674. The Kier molecular flexibility index (Phi) is 5.22. The summed E-state index contributed by atoms with van der Waals surface area (Å²) in [6.07, 6.45) is 1.29. The van der Waals surface area contributed by atoms with Gasteiger partial charge in [-0.05, 0) is 31.2 Å². The van der Waals surface area contributed by atoms with E-state index in [1.165, 1.54) is 12.1 Å². The Morgan fingerprint density at radius 1 is 1.24 bits per heavy atom. The molecule has 9 heteroatoms. The van der Waals surface area contributed by atoms with E-state index in [-0.39, 0.29) is 11.9 Å². The molecule has 2 aromatic rings. The van der Waals surface area contributed by atoms with Crippen molar-refractivity contribution >= 4 is 23.5 Å². The van der Waals surface area contributed by atoms with Crippen LogP contribution in [0, 0.1) is 5.82 Å². The van der Waals surface area contributed by atoms with Gasteiger partial charge < -0.3 is 19.9 Å². The number of rotatable bonds is 4. The van der Waals surface area contributed by atoms with E-state index in [1.807, 2.05) is 4.90 Å². The van der Waals surface area contributed by atoms with Crippen molar-refractivity contribution in [1.82, 2.24) is 20.1 Å². The number of benzene rings is 1. The minimum atomic E-state index is -0.308. The van der Waals surface area contributed by atoms with Crippen LogP contribution in [0.15, 0.2) is 30.5 Å². The molecule has 3 rings (SSSR count). The maximum absolute atomic E-state index is 13.0. The van der Waals surface area contributed by atoms with Gasteiger partial charge in [-0.25, -0.2) is 9.18 Å². The first kappa shape index (κ1) is 16.9. The molecule has 0 bridgehead atoms. The molecule has 0 aliphatic carbocycles. The second kappa shape index (κ2) is 7.73. The summed E-state index contributed by atoms with van der Waals surface area (Å²) in [5, 5.41) is 10.9. The van der Waals surface area contributed by atoms with Gasteiger partial charge in [0, 0.05) is 31.9 Å². The minimum absolute atomic E-state index is 0.290. The van der Waals surface area contributed by atoms with E-state index < -0.39 is 0 Å². The van der Waals surface area contributed by atoms with Crippen LogP contribution >= 0.6 is 0 Å². The summed E-state index contributed by atoms with van der Waals surface area (Å²) in [6, 6.07) is 5.91. The van der Waals surface area contributed by atoms with E-state index in [9.17, 15) is 9.18 Å². The fraction of sp³-hybridized carbons (Fsp3) is 0.375. The second-order valence-electron chi connectivity index (χ2n) is 5.44. The number of carbonyl (C=O) groups is 1. The van der Waals surface area contributed by atoms with Crippen LogP contribution in [0.3, 0.4) is 0 Å². The van der Waals surface area contributed by atoms with Gasteiger partial charge in [-0.15, -0.1) is 5.10 Å². The van der Waals surface area contributed by atoms with Gasteiger partial charge in [0.25, 0.3) is 0 Å². The fourth-order valence-electron chi connectivity index (χ4n) is 2.50. The van der Waals surface area contributed by atoms with Crippen molar-refractivity contribution in [2.45, 2.75) is 6.92 Å². The van der Waals surface area contributed by atoms with Crippen molar-refractivity contribution in [2.75, 3.05) is 43.0 Å². The largest absolute Gasteiger partial charge is 0.450 e. The van der Waals surface area contributed by atoms with Gasteiger partial charge in [0.15, 0.2) is 5.82 Å². The zero-order chi connectivity index (χ0) is 17.6. The first-order valence-corrected chi connectivity index (χ1v) is 8.04. The molecule has 2 heterocycles. The Morgan fingerprint density at radius 2 is 1.96 bits per heavy atom. The van der Waals surface area contributed by atoms with Gasteiger partial charge in [0.2, 0.25) is 5.95 Å². The third-order valence-corrected chi connectivity index (χ3v) is 3.78. The molecule has 1 amide bonds. The Balaban J connectivity index is 1.62. The number of halogens is 1. The Hall–Kier alpha value is -2.97. The van der Waals surface area contributed by atoms with E-state index in [0.717, 1.165) is 0 Å². The highest BCUT2D eigenvalue weighted by molar-refractivity contribution is 5.68. The van der Waals surface area contributed by atoms with Crippen molar-refractivity contribution in [3.05, 3.63) is 36.3 Å². The first-order chi connectivity index (χ1) is 12.2. The normalized spacial score (nSPS) is 14.3. The number of carbonyl (C=O) groups excluding carboxylic acids is 1. The van der Waals surface area contributed by atoms with Crippen molar-refractivity contribution in [2.24, 2.45) is 0 Å². The van der Waals surface area contributed by atoms with Crippen LogP contribution in [0.2, 0.25) is 0 Å². The van der Waals surface area contributed by atoms with Gasteiger partial charge in [-0.3, -0.25) is 0 Å². The average molecular weight is 346 g/mol. The van der Waals surface area contributed by atoms with Gasteiger partial charge >= 0.3 is 6.09 Å². The fourth-order valence-corrected chi connectivity index (χ4v) is 2.50. The molecular weight excluding hydrogens is 327 g/mol. The topological polar surface area (TPSA) is 83.5 Å². The molecule has 25 heavy (non-hydrogen) atoms. The molecule has 132 valence electrons. The number of amides is 1. The van der Waals surface area contributed by atoms with Crippen molar-refractivity contribution in [3.63, 3.8) is 0 Å². The summed E-state index contributed by atoms with van der Waals surface area (Å²) in [4.78, 5) is 19.9. The molecule has 1 fully saturated rings. The molecule has 0 radical (unpaired) electrons. The number of aromatic nitrogens is 3. The maximum atomic E-state index is 13.0. The lowest BCUT2D eigenvalue weighted by atomic mass is 10.3. The highest BCUT2D eigenvalue weighted by Gasteiger charge is 2.23. The van der Waals surface area contributed by atoms with E-state index in [4.69, 9.17) is 4.74 Å². The predicted molar refractivity (Wildman–Crippen MR) is 90.3 cm³/mol. The number of hydrogen-bond donors (Lipinski definition) is 1. The zero-order valence-corrected chi connectivity index (χ0v) is 13.9. The number of nitrogens with one attached hydrogen (secondary N) is 1. The van der Waals surface area contributed by atoms with Gasteiger partial charge in [-0.1, -0.05) is 0 Å². The zero-order valence-electron chi connectivity index (χ0n) is 13.9. The molecule has 0 saturated carbocycles. The summed E-state index contributed by atoms with van der Waals surface area (Å²) in [6.45, 7) is 4.54. The monoisotopic (exact) mass is 346 g/mol. The van der Waals surface area contributed by atoms with Crippen LogP contribution in [-0.4, -0.2) is 59.0 Å². The van der Waals surface area contributed by atoms with Crippen molar-refractivity contribution in [3.8, 4) is 0 Å². The Morgan fingerprint density at radius 3 is 2.64 bits per heavy atom. The van der Waals surface area contributed by atoms with E-state index in [2.05, 4.69) is 20.5 Å². The van der Waals surface area contributed by atoms with E-state index in [0.29, 0.717) is 50.2 Å². The molecule has 1 aliphatic heterocycles. The third kappa shape index (κ3) is 4.31. The number of ether oxygens (including phenoxy) is 1. The molecule has 1 aromatic carbocycles. The number of nitrogens with zero attached hydrogens (tertiary/aromatic N) is 5. The lowest BCUT2D eigenvalue weighted by molar-refractivity contribution is 0.105. The molecular formula is C16H19FN6O2. The number of hydrogen-bond acceptors (Lipinski definition) is 7. The summed E-state index contributed by atoms with van der Waals surface area (Å²) in [5.74, 6) is 0.692. The van der Waals surface area contributed by atoms with E-state index in [1.54, 1.807) is 30.2 Å². The molecule has 1 aliphatic rings. The van der Waals surface area contributed by atoms with Crippen molar-refractivity contribution < 1.29 is 13.9 Å². The smallest absolute Gasteiger partial charge is 0.409 e. The molecule has 1 aromatic heterocycles. The van der Waals surface area contributed by atoms with Crippen LogP contribution in [-0.2, 0) is 4.74 Å². The highest BCUT2D eigenvalue weighted by atomic mass is 19.1. The molecule has 0 unspecified atom stereocenters. The quantitative estimate of drug-likeness (QED) is 0.907. The third-order valence-electron chi connectivity index (χ3n) is 3.78. The molecule has 0 atom stereocenters. The summed E-state index contributed by atoms with van der Waals surface area (Å²) >= 11 is 0. The SMILES string of the molecule is CCOC(=O)N1CCN(c2cnnc(Nc3ccc(F)cc3)n2)CC1. The Labute approximate surface area is 144 Å². The number of piperazine rings is 1. The van der Waals surface area contributed by atoms with Gasteiger partial charge in [-0.2, -0.15) is 10.1 Å². The summed E-state index contributed by atoms with van der Waals surface area (Å²) in [7, 11) is 0. The lowest BCUT2D eigenvalue weighted by Gasteiger charge is -2.34. The van der Waals surface area contributed by atoms with Crippen LogP contribution in [0.25, 0.3) is 0 Å². The second-order valence-corrected chi connectivity index (χ2v) is 5.44. The lowest BCUT2D eigenvalue weighted by Crippen LogP contribution is -2.49. The van der Waals surface area contributed by atoms with Crippen molar-refractivity contribution in [1.29, 1.82) is 0 Å². The predicted octanol–water partition coefficient (Wildman–Crippen LogP) is 2.03. The highest BCUT2D eigenvalue weighted by Crippen LogP contribution is 2.17. The maximum Gasteiger partial charge on any atom is 0.409 e. The molecule has 0 spiro atoms. The first-order valence-electron chi connectivity index (χ1n) is 8.04. The molecule has 1 N–H and O–H groups in total. The summed E-state index contributed by atoms with van der Waals surface area (Å²) < 4.78 is 18.0. The van der Waals surface area contributed by atoms with E-state index >= 15 is 0 Å². The number of anilines is 3. The van der Waals surface area contributed by atoms with Crippen LogP contribution in [0.1, 0.15) is 6.92 Å².